The molecular formula is C13H23N3O3. The lowest BCUT2D eigenvalue weighted by Crippen LogP contribution is -2.46. The molecule has 2 fully saturated rings. The van der Waals surface area contributed by atoms with Crippen LogP contribution in [-0.2, 0) is 4.79 Å². The van der Waals surface area contributed by atoms with Crippen LogP contribution in [0.15, 0.2) is 0 Å². The molecule has 2 rings (SSSR count). The SMILES string of the molecule is NCC1CCN(C(=O)N2CCC(CC(=O)O)CC2)C1. The Hall–Kier alpha value is -1.30. The van der Waals surface area contributed by atoms with Crippen LogP contribution in [0.1, 0.15) is 25.7 Å². The van der Waals surface area contributed by atoms with Crippen LogP contribution in [0.25, 0.3) is 0 Å². The number of carbonyl (C=O) groups is 2. The van der Waals surface area contributed by atoms with Gasteiger partial charge in [-0.25, -0.2) is 4.79 Å². The molecule has 0 spiro atoms. The van der Waals surface area contributed by atoms with Crippen molar-refractivity contribution in [2.75, 3.05) is 32.7 Å². The van der Waals surface area contributed by atoms with Gasteiger partial charge in [0.15, 0.2) is 0 Å². The van der Waals surface area contributed by atoms with Gasteiger partial charge in [0.1, 0.15) is 0 Å². The molecule has 108 valence electrons. The van der Waals surface area contributed by atoms with E-state index in [0.29, 0.717) is 25.6 Å². The molecule has 0 radical (unpaired) electrons. The summed E-state index contributed by atoms with van der Waals surface area (Å²) in [4.78, 5) is 26.7. The van der Waals surface area contributed by atoms with E-state index >= 15 is 0 Å². The molecule has 1 atom stereocenters. The normalized spacial score (nSPS) is 24.8. The summed E-state index contributed by atoms with van der Waals surface area (Å²) in [5, 5.41) is 8.77. The Morgan fingerprint density at radius 1 is 1.05 bits per heavy atom. The largest absolute Gasteiger partial charge is 0.481 e. The molecule has 2 saturated heterocycles. The number of amides is 2. The fourth-order valence-corrected chi connectivity index (χ4v) is 2.97. The van der Waals surface area contributed by atoms with Crippen LogP contribution in [-0.4, -0.2) is 59.6 Å². The average molecular weight is 269 g/mol. The van der Waals surface area contributed by atoms with Crippen LogP contribution in [0.4, 0.5) is 4.79 Å². The lowest BCUT2D eigenvalue weighted by atomic mass is 9.94. The summed E-state index contributed by atoms with van der Waals surface area (Å²) in [6.45, 7) is 3.58. The molecular weight excluding hydrogens is 246 g/mol. The van der Waals surface area contributed by atoms with Crippen molar-refractivity contribution >= 4 is 12.0 Å². The number of urea groups is 1. The molecule has 6 nitrogen and oxygen atoms in total. The molecule has 0 aromatic rings. The number of aliphatic carboxylic acids is 1. The fraction of sp³-hybridized carbons (Fsp3) is 0.846. The predicted octanol–water partition coefficient (Wildman–Crippen LogP) is 0.574. The van der Waals surface area contributed by atoms with Crippen molar-refractivity contribution in [2.45, 2.75) is 25.7 Å². The second kappa shape index (κ2) is 6.23. The molecule has 0 bridgehead atoms. The number of likely N-dealkylation sites (tertiary alicyclic amines) is 2. The van der Waals surface area contributed by atoms with Crippen LogP contribution >= 0.6 is 0 Å². The third kappa shape index (κ3) is 3.59. The Balaban J connectivity index is 1.78. The van der Waals surface area contributed by atoms with Crippen LogP contribution in [0.5, 0.6) is 0 Å². The Kier molecular flexibility index (Phi) is 4.63. The van der Waals surface area contributed by atoms with Crippen molar-refractivity contribution in [3.8, 4) is 0 Å². The number of hydrogen-bond donors (Lipinski definition) is 2. The molecule has 1 unspecified atom stereocenters. The molecule has 6 heteroatoms. The number of carboxylic acids is 1. The topological polar surface area (TPSA) is 86.9 Å². The zero-order chi connectivity index (χ0) is 13.8. The molecule has 2 aliphatic rings. The number of nitrogens with two attached hydrogens (primary N) is 1. The quantitative estimate of drug-likeness (QED) is 0.784. The predicted molar refractivity (Wildman–Crippen MR) is 70.7 cm³/mol. The van der Waals surface area contributed by atoms with Crippen molar-refractivity contribution in [3.05, 3.63) is 0 Å². The highest BCUT2D eigenvalue weighted by Crippen LogP contribution is 2.23. The lowest BCUT2D eigenvalue weighted by Gasteiger charge is -2.34. The summed E-state index contributed by atoms with van der Waals surface area (Å²) < 4.78 is 0. The highest BCUT2D eigenvalue weighted by atomic mass is 16.4. The Morgan fingerprint density at radius 2 is 1.63 bits per heavy atom. The third-order valence-electron chi connectivity index (χ3n) is 4.24. The van der Waals surface area contributed by atoms with Crippen LogP contribution in [0, 0.1) is 11.8 Å². The molecule has 2 amide bonds. The van der Waals surface area contributed by atoms with Gasteiger partial charge in [-0.3, -0.25) is 4.79 Å². The van der Waals surface area contributed by atoms with E-state index in [4.69, 9.17) is 10.8 Å². The first-order valence-corrected chi connectivity index (χ1v) is 7.06. The van der Waals surface area contributed by atoms with E-state index in [1.165, 1.54) is 0 Å². The third-order valence-corrected chi connectivity index (χ3v) is 4.24. The molecule has 3 N–H and O–H groups in total. The number of nitrogens with zero attached hydrogens (tertiary/aromatic N) is 2. The minimum atomic E-state index is -0.741. The van der Waals surface area contributed by atoms with Crippen molar-refractivity contribution in [2.24, 2.45) is 17.6 Å². The number of hydrogen-bond acceptors (Lipinski definition) is 3. The maximum atomic E-state index is 12.3. The minimum absolute atomic E-state index is 0.102. The summed E-state index contributed by atoms with van der Waals surface area (Å²) >= 11 is 0. The van der Waals surface area contributed by atoms with Crippen molar-refractivity contribution in [1.82, 2.24) is 9.80 Å². The van der Waals surface area contributed by atoms with Crippen LogP contribution in [0.2, 0.25) is 0 Å². The number of piperidine rings is 1. The van der Waals surface area contributed by atoms with E-state index in [1.54, 1.807) is 0 Å². The molecule has 19 heavy (non-hydrogen) atoms. The van der Waals surface area contributed by atoms with Gasteiger partial charge in [-0.2, -0.15) is 0 Å². The lowest BCUT2D eigenvalue weighted by molar-refractivity contribution is -0.138. The van der Waals surface area contributed by atoms with Crippen LogP contribution < -0.4 is 5.73 Å². The van der Waals surface area contributed by atoms with E-state index < -0.39 is 5.97 Å². The van der Waals surface area contributed by atoms with Gasteiger partial charge in [0, 0.05) is 32.6 Å². The van der Waals surface area contributed by atoms with E-state index in [0.717, 1.165) is 32.4 Å². The highest BCUT2D eigenvalue weighted by Gasteiger charge is 2.31. The van der Waals surface area contributed by atoms with E-state index in [1.807, 2.05) is 9.80 Å². The standard InChI is InChI=1S/C13H23N3O3/c14-8-11-3-6-16(9-11)13(19)15-4-1-10(2-5-15)7-12(17)18/h10-11H,1-9,14H2,(H,17,18). The maximum Gasteiger partial charge on any atom is 0.320 e. The zero-order valence-electron chi connectivity index (χ0n) is 11.3. The van der Waals surface area contributed by atoms with Crippen molar-refractivity contribution < 1.29 is 14.7 Å². The molecule has 2 heterocycles. The van der Waals surface area contributed by atoms with Gasteiger partial charge < -0.3 is 20.6 Å². The highest BCUT2D eigenvalue weighted by molar-refractivity contribution is 5.75. The first-order chi connectivity index (χ1) is 9.10. The molecule has 0 aromatic carbocycles. The average Bonchev–Trinajstić information content (AvgIpc) is 2.87. The van der Waals surface area contributed by atoms with Crippen molar-refractivity contribution in [1.29, 1.82) is 0 Å². The Labute approximate surface area is 113 Å². The van der Waals surface area contributed by atoms with Gasteiger partial charge in [-0.05, 0) is 37.6 Å². The number of rotatable bonds is 3. The molecule has 0 saturated carbocycles. The summed E-state index contributed by atoms with van der Waals surface area (Å²) in [5.41, 5.74) is 5.63. The Bertz CT molecular complexity index is 340. The van der Waals surface area contributed by atoms with Gasteiger partial charge in [-0.15, -0.1) is 0 Å². The van der Waals surface area contributed by atoms with Crippen molar-refractivity contribution in [3.63, 3.8) is 0 Å². The number of carbonyl (C=O) groups excluding carboxylic acids is 1. The van der Waals surface area contributed by atoms with Gasteiger partial charge in [0.05, 0.1) is 0 Å². The number of carboxylic acid groups (broad SMARTS) is 1. The summed E-state index contributed by atoms with van der Waals surface area (Å²) in [6.07, 6.45) is 2.82. The van der Waals surface area contributed by atoms with E-state index in [9.17, 15) is 9.59 Å². The summed E-state index contributed by atoms with van der Waals surface area (Å²) in [7, 11) is 0. The second-order valence-electron chi connectivity index (χ2n) is 5.65. The molecule has 0 aliphatic carbocycles. The minimum Gasteiger partial charge on any atom is -0.481 e. The zero-order valence-corrected chi connectivity index (χ0v) is 11.3. The summed E-state index contributed by atoms with van der Waals surface area (Å²) in [6, 6.07) is 0.102. The van der Waals surface area contributed by atoms with E-state index in [-0.39, 0.29) is 18.4 Å². The Morgan fingerprint density at radius 3 is 2.16 bits per heavy atom. The first kappa shape index (κ1) is 14.1. The van der Waals surface area contributed by atoms with Gasteiger partial charge in [-0.1, -0.05) is 0 Å². The maximum absolute atomic E-state index is 12.3. The van der Waals surface area contributed by atoms with Gasteiger partial charge >= 0.3 is 12.0 Å². The fourth-order valence-electron chi connectivity index (χ4n) is 2.97. The summed E-state index contributed by atoms with van der Waals surface area (Å²) in [5.74, 6) is -0.0828. The second-order valence-corrected chi connectivity index (χ2v) is 5.65. The first-order valence-electron chi connectivity index (χ1n) is 7.06. The van der Waals surface area contributed by atoms with E-state index in [2.05, 4.69) is 0 Å². The smallest absolute Gasteiger partial charge is 0.320 e. The van der Waals surface area contributed by atoms with Gasteiger partial charge in [0.2, 0.25) is 0 Å². The van der Waals surface area contributed by atoms with Gasteiger partial charge in [0.25, 0.3) is 0 Å². The molecule has 0 aromatic heterocycles. The monoisotopic (exact) mass is 269 g/mol. The molecule has 2 aliphatic heterocycles. The van der Waals surface area contributed by atoms with Crippen LogP contribution in [0.3, 0.4) is 0 Å².